The van der Waals surface area contributed by atoms with Gasteiger partial charge in [-0.3, -0.25) is 0 Å². The Bertz CT molecular complexity index is 525. The predicted molar refractivity (Wildman–Crippen MR) is 62.4 cm³/mol. The molecule has 0 unspecified atom stereocenters. The fourth-order valence-electron chi connectivity index (χ4n) is 1.51. The quantitative estimate of drug-likeness (QED) is 0.864. The highest BCUT2D eigenvalue weighted by atomic mass is 79.9. The number of hydrogen-bond donors (Lipinski definition) is 1. The van der Waals surface area contributed by atoms with E-state index in [0.29, 0.717) is 5.88 Å². The second-order valence-electron chi connectivity index (χ2n) is 3.25. The van der Waals surface area contributed by atoms with E-state index in [2.05, 4.69) is 20.9 Å². The van der Waals surface area contributed by atoms with Gasteiger partial charge in [-0.2, -0.15) is 0 Å². The number of nitrogens with zero attached hydrogens (tertiary/aromatic N) is 1. The van der Waals surface area contributed by atoms with Crippen LogP contribution in [0.3, 0.4) is 0 Å². The number of pyridine rings is 1. The van der Waals surface area contributed by atoms with Crippen molar-refractivity contribution < 1.29 is 9.84 Å². The molecule has 0 bridgehead atoms. The molecule has 0 saturated heterocycles. The first-order chi connectivity index (χ1) is 7.13. The number of halogens is 1. The summed E-state index contributed by atoms with van der Waals surface area (Å²) < 4.78 is 6.10. The van der Waals surface area contributed by atoms with Gasteiger partial charge in [0.05, 0.1) is 12.8 Å². The Balaban J connectivity index is 2.90. The molecule has 0 radical (unpaired) electrons. The highest BCUT2D eigenvalue weighted by molar-refractivity contribution is 9.10. The lowest BCUT2D eigenvalue weighted by molar-refractivity contribution is 0.402. The van der Waals surface area contributed by atoms with Crippen LogP contribution in [0.5, 0.6) is 11.6 Å². The minimum atomic E-state index is 0.207. The summed E-state index contributed by atoms with van der Waals surface area (Å²) in [5, 5.41) is 11.2. The van der Waals surface area contributed by atoms with E-state index in [1.54, 1.807) is 19.2 Å². The van der Waals surface area contributed by atoms with Gasteiger partial charge in [-0.25, -0.2) is 4.98 Å². The van der Waals surface area contributed by atoms with Crippen molar-refractivity contribution in [1.29, 1.82) is 0 Å². The first-order valence-electron chi connectivity index (χ1n) is 4.46. The van der Waals surface area contributed by atoms with E-state index in [1.165, 1.54) is 0 Å². The molecule has 78 valence electrons. The lowest BCUT2D eigenvalue weighted by Crippen LogP contribution is -1.93. The number of benzene rings is 1. The van der Waals surface area contributed by atoms with Crippen LogP contribution in [0.2, 0.25) is 0 Å². The molecule has 0 spiro atoms. The number of methoxy groups -OCH3 is 1. The van der Waals surface area contributed by atoms with Gasteiger partial charge in [-0.1, -0.05) is 0 Å². The molecular formula is C11H10BrNO2. The van der Waals surface area contributed by atoms with Crippen LogP contribution in [0.15, 0.2) is 22.7 Å². The molecule has 1 N–H and O–H groups in total. The number of fused-ring (bicyclic) bond motifs is 1. The molecule has 0 aliphatic carbocycles. The van der Waals surface area contributed by atoms with Gasteiger partial charge in [0.25, 0.3) is 0 Å². The minimum Gasteiger partial charge on any atom is -0.508 e. The summed E-state index contributed by atoms with van der Waals surface area (Å²) in [4.78, 5) is 4.28. The van der Waals surface area contributed by atoms with E-state index >= 15 is 0 Å². The maximum atomic E-state index is 9.41. The Morgan fingerprint density at radius 2 is 2.07 bits per heavy atom. The van der Waals surface area contributed by atoms with Gasteiger partial charge in [-0.05, 0) is 41.1 Å². The monoisotopic (exact) mass is 267 g/mol. The normalized spacial score (nSPS) is 10.6. The van der Waals surface area contributed by atoms with Gasteiger partial charge in [0.15, 0.2) is 0 Å². The first kappa shape index (κ1) is 10.2. The third kappa shape index (κ3) is 1.65. The molecule has 4 heteroatoms. The molecule has 0 aliphatic heterocycles. The van der Waals surface area contributed by atoms with Gasteiger partial charge < -0.3 is 9.84 Å². The van der Waals surface area contributed by atoms with Crippen molar-refractivity contribution >= 4 is 26.7 Å². The number of aromatic hydroxyl groups is 1. The van der Waals surface area contributed by atoms with E-state index in [-0.39, 0.29) is 5.75 Å². The smallest absolute Gasteiger partial charge is 0.221 e. The zero-order chi connectivity index (χ0) is 11.0. The van der Waals surface area contributed by atoms with Gasteiger partial charge >= 0.3 is 0 Å². The second-order valence-corrected chi connectivity index (χ2v) is 4.04. The summed E-state index contributed by atoms with van der Waals surface area (Å²) in [5.74, 6) is 0.736. The van der Waals surface area contributed by atoms with Crippen molar-refractivity contribution in [2.24, 2.45) is 0 Å². The number of rotatable bonds is 1. The Morgan fingerprint density at radius 1 is 1.33 bits per heavy atom. The van der Waals surface area contributed by atoms with E-state index in [9.17, 15) is 5.11 Å². The van der Waals surface area contributed by atoms with Crippen LogP contribution in [0.25, 0.3) is 10.8 Å². The summed E-state index contributed by atoms with van der Waals surface area (Å²) in [6, 6.07) is 5.13. The zero-order valence-corrected chi connectivity index (χ0v) is 10.00. The van der Waals surface area contributed by atoms with Gasteiger partial charge in [-0.15, -0.1) is 0 Å². The maximum Gasteiger partial charge on any atom is 0.221 e. The number of aromatic nitrogens is 1. The Kier molecular flexibility index (Phi) is 2.52. The van der Waals surface area contributed by atoms with Crippen molar-refractivity contribution in [3.8, 4) is 11.6 Å². The molecular weight excluding hydrogens is 258 g/mol. The summed E-state index contributed by atoms with van der Waals surface area (Å²) in [7, 11) is 1.57. The highest BCUT2D eigenvalue weighted by Gasteiger charge is 2.10. The third-order valence-corrected chi connectivity index (χ3v) is 3.25. The third-order valence-electron chi connectivity index (χ3n) is 2.25. The van der Waals surface area contributed by atoms with E-state index < -0.39 is 0 Å². The van der Waals surface area contributed by atoms with Gasteiger partial charge in [0, 0.05) is 15.2 Å². The summed E-state index contributed by atoms with van der Waals surface area (Å²) >= 11 is 3.47. The van der Waals surface area contributed by atoms with Crippen LogP contribution in [0.1, 0.15) is 5.69 Å². The average molecular weight is 268 g/mol. The summed E-state index contributed by atoms with van der Waals surface area (Å²) in [6.45, 7) is 1.90. The largest absolute Gasteiger partial charge is 0.508 e. The number of phenols is 1. The van der Waals surface area contributed by atoms with Crippen LogP contribution < -0.4 is 4.74 Å². The Morgan fingerprint density at radius 3 is 2.73 bits per heavy atom. The molecule has 2 aromatic rings. The molecule has 0 atom stereocenters. The standard InChI is InChI=1S/C11H10BrNO2/c1-6-10(12)8-4-3-7(14)5-9(8)11(13-6)15-2/h3-5,14H,1-2H3. The second kappa shape index (κ2) is 3.70. The molecule has 1 aromatic carbocycles. The van der Waals surface area contributed by atoms with Crippen LogP contribution in [0.4, 0.5) is 0 Å². The minimum absolute atomic E-state index is 0.207. The molecule has 1 aromatic heterocycles. The van der Waals surface area contributed by atoms with Gasteiger partial charge in [0.1, 0.15) is 5.75 Å². The van der Waals surface area contributed by atoms with Crippen molar-refractivity contribution in [3.63, 3.8) is 0 Å². The van der Waals surface area contributed by atoms with E-state index in [0.717, 1.165) is 20.9 Å². The average Bonchev–Trinajstić information content (AvgIpc) is 2.23. The van der Waals surface area contributed by atoms with Crippen LogP contribution in [-0.2, 0) is 0 Å². The summed E-state index contributed by atoms with van der Waals surface area (Å²) in [6.07, 6.45) is 0. The molecule has 1 heterocycles. The molecule has 0 saturated carbocycles. The van der Waals surface area contributed by atoms with Crippen LogP contribution in [0, 0.1) is 6.92 Å². The van der Waals surface area contributed by atoms with Crippen LogP contribution in [-0.4, -0.2) is 17.2 Å². The number of hydrogen-bond acceptors (Lipinski definition) is 3. The molecule has 0 fully saturated rings. The predicted octanol–water partition coefficient (Wildman–Crippen LogP) is 3.02. The molecule has 0 amide bonds. The van der Waals surface area contributed by atoms with Crippen molar-refractivity contribution in [2.75, 3.05) is 7.11 Å². The lowest BCUT2D eigenvalue weighted by Gasteiger charge is -2.08. The fourth-order valence-corrected chi connectivity index (χ4v) is 1.95. The van der Waals surface area contributed by atoms with Crippen molar-refractivity contribution in [2.45, 2.75) is 6.92 Å². The molecule has 3 nitrogen and oxygen atoms in total. The first-order valence-corrected chi connectivity index (χ1v) is 5.25. The molecule has 0 aliphatic rings. The number of aryl methyl sites for hydroxylation is 1. The fraction of sp³-hybridized carbons (Fsp3) is 0.182. The zero-order valence-electron chi connectivity index (χ0n) is 8.41. The van der Waals surface area contributed by atoms with Crippen LogP contribution >= 0.6 is 15.9 Å². The Labute approximate surface area is 95.8 Å². The maximum absolute atomic E-state index is 9.41. The highest BCUT2D eigenvalue weighted by Crippen LogP contribution is 2.33. The lowest BCUT2D eigenvalue weighted by atomic mass is 10.1. The topological polar surface area (TPSA) is 42.4 Å². The van der Waals surface area contributed by atoms with Gasteiger partial charge in [0.2, 0.25) is 5.88 Å². The Hall–Kier alpha value is -1.29. The summed E-state index contributed by atoms with van der Waals surface area (Å²) in [5.41, 5.74) is 0.866. The van der Waals surface area contributed by atoms with Crippen molar-refractivity contribution in [1.82, 2.24) is 4.98 Å². The number of phenolic OH excluding ortho intramolecular Hbond substituents is 1. The SMILES string of the molecule is COc1nc(C)c(Br)c2ccc(O)cc12. The molecule has 15 heavy (non-hydrogen) atoms. The van der Waals surface area contributed by atoms with Crippen molar-refractivity contribution in [3.05, 3.63) is 28.4 Å². The molecule has 2 rings (SSSR count). The number of ether oxygens (including phenoxy) is 1. The van der Waals surface area contributed by atoms with E-state index in [1.807, 2.05) is 13.0 Å². The van der Waals surface area contributed by atoms with E-state index in [4.69, 9.17) is 4.74 Å².